The van der Waals surface area contributed by atoms with Gasteiger partial charge in [-0.05, 0) is 42.8 Å². The fraction of sp³-hybridized carbons (Fsp3) is 0.0667. The summed E-state index contributed by atoms with van der Waals surface area (Å²) in [5, 5.41) is 14.8. The summed E-state index contributed by atoms with van der Waals surface area (Å²) in [5.41, 5.74) is 2.58. The Balaban J connectivity index is 2.10. The number of amides is 2. The third kappa shape index (κ3) is 3.50. The third-order valence-electron chi connectivity index (χ3n) is 2.70. The average molecular weight is 286 g/mol. The van der Waals surface area contributed by atoms with E-state index in [1.54, 1.807) is 42.5 Å². The van der Waals surface area contributed by atoms with Gasteiger partial charge in [0.25, 0.3) is 0 Å². The van der Waals surface area contributed by atoms with Gasteiger partial charge >= 0.3 is 6.03 Å². The number of benzene rings is 2. The zero-order valence-corrected chi connectivity index (χ0v) is 11.5. The standard InChI is InChI=1S/C15H12ClN3O/c1-10-5-6-11(9-17)7-14(10)19-15(20)18-13-4-2-3-12(16)8-13/h2-8H,1H3,(H2,18,19,20). The number of carbonyl (C=O) groups is 1. The van der Waals surface area contributed by atoms with Gasteiger partial charge in [-0.1, -0.05) is 23.7 Å². The molecule has 2 N–H and O–H groups in total. The Morgan fingerprint density at radius 1 is 1.20 bits per heavy atom. The van der Waals surface area contributed by atoms with Crippen LogP contribution in [0.1, 0.15) is 11.1 Å². The number of nitrogens with one attached hydrogen (secondary N) is 2. The van der Waals surface area contributed by atoms with E-state index in [-0.39, 0.29) is 6.03 Å². The molecular formula is C15H12ClN3O. The first-order valence-electron chi connectivity index (χ1n) is 5.93. The van der Waals surface area contributed by atoms with Crippen molar-refractivity contribution in [1.82, 2.24) is 0 Å². The molecule has 2 aromatic carbocycles. The maximum atomic E-state index is 11.9. The minimum absolute atomic E-state index is 0.384. The van der Waals surface area contributed by atoms with Gasteiger partial charge < -0.3 is 10.6 Å². The molecule has 0 aliphatic rings. The quantitative estimate of drug-likeness (QED) is 0.870. The number of hydrogen-bond donors (Lipinski definition) is 2. The van der Waals surface area contributed by atoms with Crippen LogP contribution in [-0.2, 0) is 0 Å². The normalized spacial score (nSPS) is 9.65. The summed E-state index contributed by atoms with van der Waals surface area (Å²) in [7, 11) is 0. The van der Waals surface area contributed by atoms with E-state index in [1.165, 1.54) is 0 Å². The summed E-state index contributed by atoms with van der Waals surface area (Å²) in [5.74, 6) is 0. The highest BCUT2D eigenvalue weighted by atomic mass is 35.5. The molecule has 0 saturated carbocycles. The third-order valence-corrected chi connectivity index (χ3v) is 2.93. The summed E-state index contributed by atoms with van der Waals surface area (Å²) in [6.45, 7) is 1.86. The molecule has 0 bridgehead atoms. The molecule has 0 radical (unpaired) electrons. The largest absolute Gasteiger partial charge is 0.323 e. The van der Waals surface area contributed by atoms with E-state index in [0.717, 1.165) is 5.56 Å². The molecule has 0 heterocycles. The summed E-state index contributed by atoms with van der Waals surface area (Å²) in [6.07, 6.45) is 0. The van der Waals surface area contributed by atoms with Crippen LogP contribution in [0.15, 0.2) is 42.5 Å². The Morgan fingerprint density at radius 2 is 2.00 bits per heavy atom. The SMILES string of the molecule is Cc1ccc(C#N)cc1NC(=O)Nc1cccc(Cl)c1. The van der Waals surface area contributed by atoms with Gasteiger partial charge in [0.2, 0.25) is 0 Å². The lowest BCUT2D eigenvalue weighted by Gasteiger charge is -2.10. The van der Waals surface area contributed by atoms with Crippen molar-refractivity contribution in [2.45, 2.75) is 6.92 Å². The fourth-order valence-electron chi connectivity index (χ4n) is 1.68. The van der Waals surface area contributed by atoms with Crippen LogP contribution in [0.3, 0.4) is 0 Å². The van der Waals surface area contributed by atoms with E-state index in [2.05, 4.69) is 10.6 Å². The number of anilines is 2. The topological polar surface area (TPSA) is 64.9 Å². The highest BCUT2D eigenvalue weighted by Gasteiger charge is 2.06. The molecule has 0 aliphatic carbocycles. The predicted molar refractivity (Wildman–Crippen MR) is 80.0 cm³/mol. The van der Waals surface area contributed by atoms with Crippen LogP contribution < -0.4 is 10.6 Å². The van der Waals surface area contributed by atoms with Crippen LogP contribution in [0.2, 0.25) is 5.02 Å². The Morgan fingerprint density at radius 3 is 2.70 bits per heavy atom. The number of hydrogen-bond acceptors (Lipinski definition) is 2. The number of nitrogens with zero attached hydrogens (tertiary/aromatic N) is 1. The summed E-state index contributed by atoms with van der Waals surface area (Å²) in [4.78, 5) is 11.9. The van der Waals surface area contributed by atoms with Gasteiger partial charge in [0.05, 0.1) is 11.6 Å². The van der Waals surface area contributed by atoms with E-state index >= 15 is 0 Å². The summed E-state index contributed by atoms with van der Waals surface area (Å²) >= 11 is 5.85. The van der Waals surface area contributed by atoms with Crippen molar-refractivity contribution >= 4 is 29.0 Å². The molecular weight excluding hydrogens is 274 g/mol. The monoisotopic (exact) mass is 285 g/mol. The van der Waals surface area contributed by atoms with Crippen molar-refractivity contribution in [3.05, 3.63) is 58.6 Å². The van der Waals surface area contributed by atoms with Crippen molar-refractivity contribution in [2.75, 3.05) is 10.6 Å². The number of nitriles is 1. The molecule has 2 aromatic rings. The van der Waals surface area contributed by atoms with Crippen molar-refractivity contribution in [2.24, 2.45) is 0 Å². The minimum Gasteiger partial charge on any atom is -0.308 e. The van der Waals surface area contributed by atoms with Crippen LogP contribution in [0.25, 0.3) is 0 Å². The number of rotatable bonds is 2. The number of halogens is 1. The van der Waals surface area contributed by atoms with Crippen LogP contribution in [0, 0.1) is 18.3 Å². The summed E-state index contributed by atoms with van der Waals surface area (Å²) in [6, 6.07) is 13.6. The minimum atomic E-state index is -0.384. The molecule has 2 rings (SSSR count). The van der Waals surface area contributed by atoms with Gasteiger partial charge in [0, 0.05) is 16.4 Å². The Hall–Kier alpha value is -2.51. The number of urea groups is 1. The van der Waals surface area contributed by atoms with Crippen molar-refractivity contribution in [3.8, 4) is 6.07 Å². The zero-order valence-electron chi connectivity index (χ0n) is 10.8. The first-order chi connectivity index (χ1) is 9.58. The Bertz CT molecular complexity index is 692. The van der Waals surface area contributed by atoms with Crippen molar-refractivity contribution in [3.63, 3.8) is 0 Å². The molecule has 100 valence electrons. The first-order valence-corrected chi connectivity index (χ1v) is 6.30. The molecule has 0 aliphatic heterocycles. The first kappa shape index (κ1) is 13.9. The predicted octanol–water partition coefficient (Wildman–Crippen LogP) is 4.16. The number of aryl methyl sites for hydroxylation is 1. The highest BCUT2D eigenvalue weighted by Crippen LogP contribution is 2.18. The highest BCUT2D eigenvalue weighted by molar-refractivity contribution is 6.30. The molecule has 2 amide bonds. The fourth-order valence-corrected chi connectivity index (χ4v) is 1.87. The van der Waals surface area contributed by atoms with Crippen LogP contribution in [0.5, 0.6) is 0 Å². The molecule has 0 saturated heterocycles. The van der Waals surface area contributed by atoms with Gasteiger partial charge in [0.1, 0.15) is 0 Å². The van der Waals surface area contributed by atoms with Gasteiger partial charge in [-0.3, -0.25) is 0 Å². The zero-order chi connectivity index (χ0) is 14.5. The molecule has 0 aromatic heterocycles. The van der Waals surface area contributed by atoms with E-state index in [0.29, 0.717) is 22.0 Å². The second-order valence-corrected chi connectivity index (χ2v) is 4.67. The Labute approximate surface area is 122 Å². The van der Waals surface area contributed by atoms with Crippen molar-refractivity contribution in [1.29, 1.82) is 5.26 Å². The number of carbonyl (C=O) groups excluding carboxylic acids is 1. The molecule has 0 spiro atoms. The van der Waals surface area contributed by atoms with E-state index in [1.807, 2.05) is 13.0 Å². The van der Waals surface area contributed by atoms with Gasteiger partial charge in [0.15, 0.2) is 0 Å². The van der Waals surface area contributed by atoms with Crippen LogP contribution in [0.4, 0.5) is 16.2 Å². The van der Waals surface area contributed by atoms with E-state index in [9.17, 15) is 4.79 Å². The molecule has 5 heteroatoms. The van der Waals surface area contributed by atoms with Gasteiger partial charge in [-0.25, -0.2) is 4.79 Å². The van der Waals surface area contributed by atoms with Gasteiger partial charge in [-0.15, -0.1) is 0 Å². The Kier molecular flexibility index (Phi) is 4.24. The summed E-state index contributed by atoms with van der Waals surface area (Å²) < 4.78 is 0. The second-order valence-electron chi connectivity index (χ2n) is 4.23. The second kappa shape index (κ2) is 6.09. The lowest BCUT2D eigenvalue weighted by Crippen LogP contribution is -2.20. The van der Waals surface area contributed by atoms with Gasteiger partial charge in [-0.2, -0.15) is 5.26 Å². The van der Waals surface area contributed by atoms with E-state index < -0.39 is 0 Å². The van der Waals surface area contributed by atoms with E-state index in [4.69, 9.17) is 16.9 Å². The van der Waals surface area contributed by atoms with Crippen LogP contribution in [-0.4, -0.2) is 6.03 Å². The molecule has 0 fully saturated rings. The average Bonchev–Trinajstić information content (AvgIpc) is 2.41. The molecule has 20 heavy (non-hydrogen) atoms. The maximum absolute atomic E-state index is 11.9. The maximum Gasteiger partial charge on any atom is 0.323 e. The lowest BCUT2D eigenvalue weighted by molar-refractivity contribution is 0.262. The lowest BCUT2D eigenvalue weighted by atomic mass is 10.1. The molecule has 0 unspecified atom stereocenters. The smallest absolute Gasteiger partial charge is 0.308 e. The van der Waals surface area contributed by atoms with Crippen LogP contribution >= 0.6 is 11.6 Å². The molecule has 4 nitrogen and oxygen atoms in total. The molecule has 0 atom stereocenters. The van der Waals surface area contributed by atoms with Crippen molar-refractivity contribution < 1.29 is 4.79 Å².